The molecule has 0 atom stereocenters. The molecule has 17 heavy (non-hydrogen) atoms. The van der Waals surface area contributed by atoms with Crippen molar-refractivity contribution in [3.8, 4) is 0 Å². The quantitative estimate of drug-likeness (QED) is 0.746. The van der Waals surface area contributed by atoms with Crippen LogP contribution in [0.3, 0.4) is 0 Å². The van der Waals surface area contributed by atoms with E-state index in [2.05, 4.69) is 55.4 Å². The molecular weight excluding hydrogens is 232 g/mol. The minimum Gasteiger partial charge on any atom is -0.321 e. The molecule has 2 aromatic rings. The summed E-state index contributed by atoms with van der Waals surface area (Å²) in [6.07, 6.45) is 1.05. The van der Waals surface area contributed by atoms with Gasteiger partial charge < -0.3 is 4.57 Å². The molecule has 0 amide bonds. The van der Waals surface area contributed by atoms with Crippen LogP contribution in [-0.2, 0) is 11.4 Å². The summed E-state index contributed by atoms with van der Waals surface area (Å²) < 4.78 is 2.28. The normalized spacial score (nSPS) is 12.3. The Morgan fingerprint density at radius 3 is 2.65 bits per heavy atom. The van der Waals surface area contributed by atoms with Crippen LogP contribution in [0.1, 0.15) is 38.6 Å². The Morgan fingerprint density at radius 2 is 2.06 bits per heavy atom. The van der Waals surface area contributed by atoms with Crippen LogP contribution in [0.5, 0.6) is 0 Å². The Kier molecular flexibility index (Phi) is 3.17. The largest absolute Gasteiger partial charge is 0.321 e. The number of nitrogens with zero attached hydrogens (tertiary/aromatic N) is 2. The molecule has 1 aromatic heterocycles. The van der Waals surface area contributed by atoms with Gasteiger partial charge in [-0.3, -0.25) is 0 Å². The van der Waals surface area contributed by atoms with E-state index in [1.165, 1.54) is 11.1 Å². The van der Waals surface area contributed by atoms with Gasteiger partial charge in [-0.15, -0.1) is 11.6 Å². The third kappa shape index (κ3) is 1.95. The van der Waals surface area contributed by atoms with Crippen molar-refractivity contribution in [1.29, 1.82) is 0 Å². The van der Waals surface area contributed by atoms with Gasteiger partial charge >= 0.3 is 0 Å². The lowest BCUT2D eigenvalue weighted by molar-refractivity contribution is 0.344. The van der Waals surface area contributed by atoms with Gasteiger partial charge in [-0.2, -0.15) is 0 Å². The van der Waals surface area contributed by atoms with Gasteiger partial charge in [-0.25, -0.2) is 4.98 Å². The fourth-order valence-electron chi connectivity index (χ4n) is 2.21. The molecule has 0 saturated heterocycles. The second kappa shape index (κ2) is 4.34. The van der Waals surface area contributed by atoms with Crippen molar-refractivity contribution in [2.24, 2.45) is 0 Å². The van der Waals surface area contributed by atoms with Crippen molar-refractivity contribution in [2.75, 3.05) is 0 Å². The van der Waals surface area contributed by atoms with Gasteiger partial charge in [-0.05, 0) is 38.8 Å². The average Bonchev–Trinajstić information content (AvgIpc) is 2.69. The standard InChI is InChI=1S/C14H19ClN2/c1-5-14(3,4)17-11-8-6-7-10(2)13(11)16-12(17)9-15/h6-8H,5,9H2,1-4H3. The van der Waals surface area contributed by atoms with Gasteiger partial charge in [0.1, 0.15) is 5.82 Å². The average molecular weight is 251 g/mol. The second-order valence-corrected chi connectivity index (χ2v) is 5.37. The van der Waals surface area contributed by atoms with Crippen molar-refractivity contribution in [3.05, 3.63) is 29.6 Å². The van der Waals surface area contributed by atoms with E-state index in [9.17, 15) is 0 Å². The maximum Gasteiger partial charge on any atom is 0.125 e. The Bertz CT molecular complexity index is 540. The lowest BCUT2D eigenvalue weighted by Crippen LogP contribution is -2.26. The van der Waals surface area contributed by atoms with Crippen molar-refractivity contribution in [3.63, 3.8) is 0 Å². The predicted molar refractivity (Wildman–Crippen MR) is 73.6 cm³/mol. The molecule has 1 heterocycles. The molecule has 3 heteroatoms. The highest BCUT2D eigenvalue weighted by Crippen LogP contribution is 2.29. The minimum absolute atomic E-state index is 0.0484. The first-order chi connectivity index (χ1) is 8.01. The van der Waals surface area contributed by atoms with Crippen molar-refractivity contribution in [1.82, 2.24) is 9.55 Å². The van der Waals surface area contributed by atoms with Crippen LogP contribution in [-0.4, -0.2) is 9.55 Å². The Balaban J connectivity index is 2.80. The molecule has 0 fully saturated rings. The van der Waals surface area contributed by atoms with Crippen LogP contribution in [0.25, 0.3) is 11.0 Å². The van der Waals surface area contributed by atoms with E-state index in [1.807, 2.05) is 0 Å². The monoisotopic (exact) mass is 250 g/mol. The molecule has 0 aliphatic carbocycles. The molecular formula is C14H19ClN2. The molecule has 0 N–H and O–H groups in total. The number of rotatable bonds is 3. The maximum atomic E-state index is 6.04. The van der Waals surface area contributed by atoms with Gasteiger partial charge in [0.15, 0.2) is 0 Å². The number of hydrogen-bond donors (Lipinski definition) is 0. The van der Waals surface area contributed by atoms with Crippen molar-refractivity contribution >= 4 is 22.6 Å². The van der Waals surface area contributed by atoms with E-state index in [1.54, 1.807) is 0 Å². The van der Waals surface area contributed by atoms with Crippen LogP contribution in [0.2, 0.25) is 0 Å². The predicted octanol–water partition coefficient (Wildman–Crippen LogP) is 4.23. The lowest BCUT2D eigenvalue weighted by atomic mass is 10.0. The van der Waals surface area contributed by atoms with Crippen molar-refractivity contribution in [2.45, 2.75) is 45.5 Å². The molecule has 0 spiro atoms. The van der Waals surface area contributed by atoms with Crippen LogP contribution >= 0.6 is 11.6 Å². The summed E-state index contributed by atoms with van der Waals surface area (Å²) in [7, 11) is 0. The first-order valence-electron chi connectivity index (χ1n) is 6.04. The van der Waals surface area contributed by atoms with Gasteiger partial charge in [0.2, 0.25) is 0 Å². The summed E-state index contributed by atoms with van der Waals surface area (Å²) in [6.45, 7) is 8.75. The highest BCUT2D eigenvalue weighted by Gasteiger charge is 2.24. The first kappa shape index (κ1) is 12.4. The lowest BCUT2D eigenvalue weighted by Gasteiger charge is -2.27. The number of alkyl halides is 1. The second-order valence-electron chi connectivity index (χ2n) is 5.11. The third-order valence-electron chi connectivity index (χ3n) is 3.55. The van der Waals surface area contributed by atoms with Gasteiger partial charge in [-0.1, -0.05) is 19.1 Å². The fraction of sp³-hybridized carbons (Fsp3) is 0.500. The highest BCUT2D eigenvalue weighted by molar-refractivity contribution is 6.16. The summed E-state index contributed by atoms with van der Waals surface area (Å²) in [4.78, 5) is 4.68. The fourth-order valence-corrected chi connectivity index (χ4v) is 2.39. The molecule has 0 bridgehead atoms. The van der Waals surface area contributed by atoms with Crippen LogP contribution in [0, 0.1) is 6.92 Å². The van der Waals surface area contributed by atoms with E-state index in [0.29, 0.717) is 5.88 Å². The summed E-state index contributed by atoms with van der Waals surface area (Å²) in [5.74, 6) is 1.42. The first-order valence-corrected chi connectivity index (χ1v) is 6.58. The number of benzene rings is 1. The zero-order chi connectivity index (χ0) is 12.6. The molecule has 2 rings (SSSR count). The molecule has 0 saturated carbocycles. The summed E-state index contributed by atoms with van der Waals surface area (Å²) in [5.41, 5.74) is 3.52. The topological polar surface area (TPSA) is 17.8 Å². The molecule has 92 valence electrons. The number of halogens is 1. The molecule has 2 nitrogen and oxygen atoms in total. The van der Waals surface area contributed by atoms with E-state index in [4.69, 9.17) is 11.6 Å². The SMILES string of the molecule is CCC(C)(C)n1c(CCl)nc2c(C)cccc21. The number of imidazole rings is 1. The van der Waals surface area contributed by atoms with Crippen LogP contribution < -0.4 is 0 Å². The summed E-state index contributed by atoms with van der Waals surface area (Å²) in [6, 6.07) is 6.30. The van der Waals surface area contributed by atoms with E-state index in [0.717, 1.165) is 17.8 Å². The van der Waals surface area contributed by atoms with E-state index in [-0.39, 0.29) is 5.54 Å². The smallest absolute Gasteiger partial charge is 0.125 e. The third-order valence-corrected chi connectivity index (χ3v) is 3.79. The summed E-state index contributed by atoms with van der Waals surface area (Å²) in [5, 5.41) is 0. The van der Waals surface area contributed by atoms with E-state index < -0.39 is 0 Å². The maximum absolute atomic E-state index is 6.04. The van der Waals surface area contributed by atoms with Crippen LogP contribution in [0.15, 0.2) is 18.2 Å². The molecule has 1 aromatic carbocycles. The Hall–Kier alpha value is -1.02. The number of hydrogen-bond acceptors (Lipinski definition) is 1. The van der Waals surface area contributed by atoms with Gasteiger partial charge in [0.25, 0.3) is 0 Å². The number of para-hydroxylation sites is 1. The highest BCUT2D eigenvalue weighted by atomic mass is 35.5. The molecule has 0 aliphatic rings. The van der Waals surface area contributed by atoms with Crippen molar-refractivity contribution < 1.29 is 0 Å². The Morgan fingerprint density at radius 1 is 1.35 bits per heavy atom. The molecule has 0 aliphatic heterocycles. The number of aromatic nitrogens is 2. The van der Waals surface area contributed by atoms with E-state index >= 15 is 0 Å². The minimum atomic E-state index is 0.0484. The zero-order valence-electron chi connectivity index (χ0n) is 10.9. The van der Waals surface area contributed by atoms with Crippen LogP contribution in [0.4, 0.5) is 0 Å². The number of aryl methyl sites for hydroxylation is 1. The Labute approximate surface area is 108 Å². The summed E-state index contributed by atoms with van der Waals surface area (Å²) >= 11 is 6.04. The molecule has 0 unspecified atom stereocenters. The zero-order valence-corrected chi connectivity index (χ0v) is 11.7. The number of fused-ring (bicyclic) bond motifs is 1. The van der Waals surface area contributed by atoms with Gasteiger partial charge in [0.05, 0.1) is 16.9 Å². The van der Waals surface area contributed by atoms with Gasteiger partial charge in [0, 0.05) is 5.54 Å². The molecule has 0 radical (unpaired) electrons.